The summed E-state index contributed by atoms with van der Waals surface area (Å²) in [4.78, 5) is 0. The number of ether oxygens (including phenoxy) is 1. The van der Waals surface area contributed by atoms with E-state index in [0.29, 0.717) is 18.6 Å². The zero-order chi connectivity index (χ0) is 17.1. The Balaban J connectivity index is 1.54. The van der Waals surface area contributed by atoms with Gasteiger partial charge in [-0.2, -0.15) is 0 Å². The molecular weight excluding hydrogens is 286 g/mol. The second kappa shape index (κ2) is 7.84. The molecule has 2 aliphatic rings. The van der Waals surface area contributed by atoms with Crippen LogP contribution in [0.15, 0.2) is 0 Å². The zero-order valence-corrected chi connectivity index (χ0v) is 16.0. The Morgan fingerprint density at radius 2 is 1.87 bits per heavy atom. The fourth-order valence-corrected chi connectivity index (χ4v) is 5.03. The van der Waals surface area contributed by atoms with Gasteiger partial charge in [0.15, 0.2) is 0 Å². The first kappa shape index (κ1) is 19.2. The Kier molecular flexibility index (Phi) is 6.55. The van der Waals surface area contributed by atoms with Crippen molar-refractivity contribution < 1.29 is 9.84 Å². The van der Waals surface area contributed by atoms with Gasteiger partial charge in [0.25, 0.3) is 0 Å². The molecule has 0 amide bonds. The van der Waals surface area contributed by atoms with Crippen molar-refractivity contribution in [2.24, 2.45) is 23.2 Å². The molecule has 4 atom stereocenters. The molecule has 3 heteroatoms. The van der Waals surface area contributed by atoms with Crippen LogP contribution in [-0.2, 0) is 4.74 Å². The van der Waals surface area contributed by atoms with E-state index in [1.54, 1.807) is 0 Å². The maximum atomic E-state index is 10.1. The molecule has 0 aromatic heterocycles. The summed E-state index contributed by atoms with van der Waals surface area (Å²) >= 11 is 0. The zero-order valence-electron chi connectivity index (χ0n) is 16.0. The van der Waals surface area contributed by atoms with E-state index in [9.17, 15) is 5.11 Å². The van der Waals surface area contributed by atoms with Gasteiger partial charge < -0.3 is 15.2 Å². The van der Waals surface area contributed by atoms with E-state index < -0.39 is 6.10 Å². The molecule has 0 unspecified atom stereocenters. The molecule has 0 aliphatic heterocycles. The summed E-state index contributed by atoms with van der Waals surface area (Å²) in [6.07, 6.45) is 7.68. The van der Waals surface area contributed by atoms with E-state index >= 15 is 0 Å². The predicted octanol–water partition coefficient (Wildman–Crippen LogP) is 3.99. The van der Waals surface area contributed by atoms with Crippen LogP contribution in [0.4, 0.5) is 0 Å². The fourth-order valence-electron chi connectivity index (χ4n) is 5.03. The lowest BCUT2D eigenvalue weighted by molar-refractivity contribution is 0.0248. The highest BCUT2D eigenvalue weighted by Crippen LogP contribution is 2.49. The Morgan fingerprint density at radius 1 is 1.13 bits per heavy atom. The van der Waals surface area contributed by atoms with Gasteiger partial charge in [0, 0.05) is 18.7 Å². The molecule has 0 aromatic rings. The van der Waals surface area contributed by atoms with Crippen molar-refractivity contribution >= 4 is 0 Å². The molecule has 23 heavy (non-hydrogen) atoms. The van der Waals surface area contributed by atoms with Gasteiger partial charge >= 0.3 is 0 Å². The van der Waals surface area contributed by atoms with Crippen LogP contribution >= 0.6 is 0 Å². The Hall–Kier alpha value is -0.120. The van der Waals surface area contributed by atoms with Crippen LogP contribution in [-0.4, -0.2) is 36.5 Å². The normalized spacial score (nSPS) is 29.2. The highest BCUT2D eigenvalue weighted by molar-refractivity contribution is 4.89. The lowest BCUT2D eigenvalue weighted by atomic mass is 9.82. The first-order chi connectivity index (χ1) is 10.6. The molecule has 0 radical (unpaired) electrons. The number of rotatable bonds is 9. The molecule has 2 rings (SSSR count). The summed E-state index contributed by atoms with van der Waals surface area (Å²) in [5, 5.41) is 13.6. The molecule has 0 spiro atoms. The van der Waals surface area contributed by atoms with Crippen molar-refractivity contribution in [2.75, 3.05) is 19.8 Å². The van der Waals surface area contributed by atoms with Crippen LogP contribution in [0.3, 0.4) is 0 Å². The standard InChI is InChI=1S/C20H39NO2/c1-19(2,3)14-20(4,5)21-12-18(22)13-23-9-8-17-11-15-6-7-16(17)10-15/h15-18,21-22H,6-14H2,1-5H3/t15-,16-,17-,18-/m0/s1. The minimum atomic E-state index is -0.408. The first-order valence-electron chi connectivity index (χ1n) is 9.65. The van der Waals surface area contributed by atoms with Crippen LogP contribution in [0.25, 0.3) is 0 Å². The minimum absolute atomic E-state index is 0.0440. The van der Waals surface area contributed by atoms with Crippen molar-refractivity contribution in [3.63, 3.8) is 0 Å². The van der Waals surface area contributed by atoms with E-state index in [1.165, 1.54) is 32.1 Å². The average molecular weight is 326 g/mol. The third-order valence-corrected chi connectivity index (χ3v) is 5.62. The van der Waals surface area contributed by atoms with Crippen molar-refractivity contribution in [1.29, 1.82) is 0 Å². The van der Waals surface area contributed by atoms with Crippen LogP contribution in [0.1, 0.15) is 73.1 Å². The van der Waals surface area contributed by atoms with Crippen LogP contribution in [0.2, 0.25) is 0 Å². The summed E-state index contributed by atoms with van der Waals surface area (Å²) in [7, 11) is 0. The summed E-state index contributed by atoms with van der Waals surface area (Å²) in [6.45, 7) is 13.1. The molecule has 0 saturated heterocycles. The maximum absolute atomic E-state index is 10.1. The van der Waals surface area contributed by atoms with Crippen LogP contribution in [0.5, 0.6) is 0 Å². The molecule has 3 nitrogen and oxygen atoms in total. The van der Waals surface area contributed by atoms with Crippen molar-refractivity contribution in [1.82, 2.24) is 5.32 Å². The smallest absolute Gasteiger partial charge is 0.0897 e. The van der Waals surface area contributed by atoms with E-state index in [-0.39, 0.29) is 5.54 Å². The summed E-state index contributed by atoms with van der Waals surface area (Å²) < 4.78 is 5.74. The van der Waals surface area contributed by atoms with Gasteiger partial charge in [0.2, 0.25) is 0 Å². The molecule has 2 saturated carbocycles. The fraction of sp³-hybridized carbons (Fsp3) is 1.00. The average Bonchev–Trinajstić information content (AvgIpc) is 3.01. The minimum Gasteiger partial charge on any atom is -0.389 e. The molecule has 2 fully saturated rings. The third-order valence-electron chi connectivity index (χ3n) is 5.62. The van der Waals surface area contributed by atoms with Crippen molar-refractivity contribution in [3.05, 3.63) is 0 Å². The Bertz CT molecular complexity index is 361. The quantitative estimate of drug-likeness (QED) is 0.630. The Morgan fingerprint density at radius 3 is 2.43 bits per heavy atom. The lowest BCUT2D eigenvalue weighted by Crippen LogP contribution is -2.46. The van der Waals surface area contributed by atoms with Crippen LogP contribution in [0, 0.1) is 23.2 Å². The predicted molar refractivity (Wildman–Crippen MR) is 96.5 cm³/mol. The second-order valence-electron chi connectivity index (χ2n) is 9.95. The van der Waals surface area contributed by atoms with Crippen molar-refractivity contribution in [2.45, 2.75) is 84.8 Å². The molecule has 2 bridgehead atoms. The summed E-state index contributed by atoms with van der Waals surface area (Å²) in [5.74, 6) is 2.90. The van der Waals surface area contributed by atoms with Crippen LogP contribution < -0.4 is 5.32 Å². The number of nitrogens with one attached hydrogen (secondary N) is 1. The molecule has 2 aliphatic carbocycles. The summed E-state index contributed by atoms with van der Waals surface area (Å²) in [5.41, 5.74) is 0.334. The van der Waals surface area contributed by atoms with Crippen molar-refractivity contribution in [3.8, 4) is 0 Å². The first-order valence-corrected chi connectivity index (χ1v) is 9.65. The number of fused-ring (bicyclic) bond motifs is 2. The maximum Gasteiger partial charge on any atom is 0.0897 e. The molecule has 0 aromatic carbocycles. The van der Waals surface area contributed by atoms with Gasteiger partial charge in [0.1, 0.15) is 0 Å². The number of aliphatic hydroxyl groups excluding tert-OH is 1. The molecule has 136 valence electrons. The largest absolute Gasteiger partial charge is 0.389 e. The van der Waals surface area contributed by atoms with Gasteiger partial charge in [-0.15, -0.1) is 0 Å². The molecular formula is C20H39NO2. The molecule has 0 heterocycles. The van der Waals surface area contributed by atoms with Gasteiger partial charge in [-0.05, 0) is 69.1 Å². The van der Waals surface area contributed by atoms with E-state index in [2.05, 4.69) is 39.9 Å². The number of hydrogen-bond acceptors (Lipinski definition) is 3. The summed E-state index contributed by atoms with van der Waals surface area (Å²) in [6, 6.07) is 0. The second-order valence-corrected chi connectivity index (χ2v) is 9.95. The number of aliphatic hydroxyl groups is 1. The lowest BCUT2D eigenvalue weighted by Gasteiger charge is -2.34. The number of hydrogen-bond donors (Lipinski definition) is 2. The van der Waals surface area contributed by atoms with E-state index in [1.807, 2.05) is 0 Å². The monoisotopic (exact) mass is 325 g/mol. The van der Waals surface area contributed by atoms with Gasteiger partial charge in [-0.1, -0.05) is 27.2 Å². The Labute approximate surface area is 143 Å². The highest BCUT2D eigenvalue weighted by Gasteiger charge is 2.38. The van der Waals surface area contributed by atoms with Gasteiger partial charge in [-0.25, -0.2) is 0 Å². The van der Waals surface area contributed by atoms with E-state index in [4.69, 9.17) is 4.74 Å². The van der Waals surface area contributed by atoms with Gasteiger partial charge in [0.05, 0.1) is 12.7 Å². The molecule has 2 N–H and O–H groups in total. The third kappa shape index (κ3) is 6.72. The topological polar surface area (TPSA) is 41.5 Å². The SMILES string of the molecule is CC(C)(C)CC(C)(C)NC[C@H](O)COCC[C@H]1C[C@H]2CC[C@H]1C2. The van der Waals surface area contributed by atoms with E-state index in [0.717, 1.165) is 30.8 Å². The van der Waals surface area contributed by atoms with Gasteiger partial charge in [-0.3, -0.25) is 0 Å². The highest BCUT2D eigenvalue weighted by atomic mass is 16.5. The number of β-amino-alcohol motifs (C(OH)–C–C–N with tert-alkyl or cyclic N) is 1.